The first-order chi connectivity index (χ1) is 38.3. The molecule has 10 N–H and O–H groups in total. The summed E-state index contributed by atoms with van der Waals surface area (Å²) in [4.78, 5) is 109. The summed E-state index contributed by atoms with van der Waals surface area (Å²) < 4.78 is 32.8. The molecule has 0 heterocycles. The highest BCUT2D eigenvalue weighted by Gasteiger charge is 2.31. The van der Waals surface area contributed by atoms with Crippen molar-refractivity contribution in [3.8, 4) is 5.75 Å². The molecule has 26 nitrogen and oxygen atoms in total. The number of rotatable bonds is 17. The monoisotopic (exact) mass is 1180 g/mol. The quantitative estimate of drug-likeness (QED) is 0.0244. The van der Waals surface area contributed by atoms with Gasteiger partial charge in [0.25, 0.3) is 6.41 Å². The van der Waals surface area contributed by atoms with Gasteiger partial charge in [0.2, 0.25) is 29.7 Å². The third-order valence-corrected chi connectivity index (χ3v) is 10.2. The normalized spacial score (nSPS) is 13.7. The van der Waals surface area contributed by atoms with Crippen molar-refractivity contribution in [1.82, 2.24) is 42.5 Å². The van der Waals surface area contributed by atoms with E-state index in [2.05, 4.69) is 57.5 Å². The van der Waals surface area contributed by atoms with Crippen molar-refractivity contribution >= 4 is 60.2 Å². The fourth-order valence-electron chi connectivity index (χ4n) is 7.24. The lowest BCUT2D eigenvalue weighted by atomic mass is 9.95. The van der Waals surface area contributed by atoms with Gasteiger partial charge in [0.15, 0.2) is 0 Å². The molecule has 0 radical (unpaired) electrons. The average Bonchev–Trinajstić information content (AvgIpc) is 3.07. The molecule has 2 rings (SSSR count). The van der Waals surface area contributed by atoms with Crippen LogP contribution in [0.4, 0.5) is 24.0 Å². The van der Waals surface area contributed by atoms with E-state index in [1.165, 1.54) is 12.1 Å². The van der Waals surface area contributed by atoms with Gasteiger partial charge in [-0.15, -0.1) is 0 Å². The van der Waals surface area contributed by atoms with Crippen LogP contribution < -0.4 is 42.5 Å². The molecule has 0 aromatic heterocycles. The van der Waals surface area contributed by atoms with Gasteiger partial charge >= 0.3 is 30.5 Å². The number of hydrogen-bond acceptors (Lipinski definition) is 18. The van der Waals surface area contributed by atoms with Gasteiger partial charge in [0.1, 0.15) is 45.8 Å². The van der Waals surface area contributed by atoms with E-state index in [0.29, 0.717) is 16.7 Å². The number of amides is 7. The second kappa shape index (κ2) is 31.2. The van der Waals surface area contributed by atoms with Crippen LogP contribution in [0.25, 0.3) is 0 Å². The number of phenolic OH excluding ortho intramolecular Hbond substituents is 1. The first-order valence-electron chi connectivity index (χ1n) is 27.6. The number of aliphatic hydroxyl groups excluding tert-OH is 1. The number of carbonyl (C=O) groups excluding carboxylic acids is 7. The highest BCUT2D eigenvalue weighted by molar-refractivity contribution is 6.03. The van der Waals surface area contributed by atoms with Crippen molar-refractivity contribution in [3.63, 3.8) is 0 Å². The molecule has 0 bridgehead atoms. The Kier molecular flexibility index (Phi) is 26.9. The summed E-state index contributed by atoms with van der Waals surface area (Å²) in [5, 5.41) is 42.3. The Balaban J connectivity index is 2.88. The number of nitrogens with one attached hydrogen (secondary N) is 8. The SMILES string of the molecule is Cc1cc(O)cc(C)c1C[C@H](N=C(NC(=O)OC(C)(C)C)NC(=O)OC(C)(C)C)C(=O)N[C@H](CCCN=C(NC(=O)OC(C)(C)C)NC(=O)OC(C)(C)C)C(=O)NC[C@H](Cc1ccccc1)N/C(=N/C(O)OC(C)(C)C)NC(=O)OC(C)(C)C. The van der Waals surface area contributed by atoms with Gasteiger partial charge in [0, 0.05) is 19.5 Å². The van der Waals surface area contributed by atoms with Crippen LogP contribution in [0.2, 0.25) is 0 Å². The number of benzene rings is 2. The molecule has 2 aromatic rings. The minimum Gasteiger partial charge on any atom is -0.508 e. The summed E-state index contributed by atoms with van der Waals surface area (Å²) in [6.45, 7) is 32.6. The second-order valence-corrected chi connectivity index (χ2v) is 25.6. The zero-order valence-corrected chi connectivity index (χ0v) is 52.6. The van der Waals surface area contributed by atoms with Gasteiger partial charge in [-0.05, 0) is 192 Å². The van der Waals surface area contributed by atoms with Crippen molar-refractivity contribution in [1.29, 1.82) is 0 Å². The van der Waals surface area contributed by atoms with Crippen LogP contribution in [0, 0.1) is 13.8 Å². The molecular weight excluding hydrogens is 1090 g/mol. The number of carbonyl (C=O) groups is 7. The third kappa shape index (κ3) is 32.8. The van der Waals surface area contributed by atoms with Gasteiger partial charge < -0.3 is 54.6 Å². The molecule has 7 amide bonds. The summed E-state index contributed by atoms with van der Waals surface area (Å²) in [6, 6.07) is 8.28. The fourth-order valence-corrected chi connectivity index (χ4v) is 7.24. The predicted molar refractivity (Wildman–Crippen MR) is 317 cm³/mol. The van der Waals surface area contributed by atoms with Crippen molar-refractivity contribution in [2.24, 2.45) is 15.0 Å². The number of aryl methyl sites for hydroxylation is 2. The van der Waals surface area contributed by atoms with E-state index in [1.54, 1.807) is 138 Å². The Morgan fingerprint density at radius 3 is 1.36 bits per heavy atom. The van der Waals surface area contributed by atoms with Crippen LogP contribution in [0.15, 0.2) is 57.4 Å². The minimum atomic E-state index is -1.78. The van der Waals surface area contributed by atoms with Gasteiger partial charge in [-0.2, -0.15) is 4.99 Å². The summed E-state index contributed by atoms with van der Waals surface area (Å²) in [6.07, 6.45) is -6.87. The molecule has 0 spiro atoms. The van der Waals surface area contributed by atoms with E-state index in [0.717, 1.165) is 5.56 Å². The molecule has 0 fully saturated rings. The Morgan fingerprint density at radius 2 is 0.940 bits per heavy atom. The second-order valence-electron chi connectivity index (χ2n) is 25.6. The molecule has 470 valence electrons. The zero-order chi connectivity index (χ0) is 64.2. The summed E-state index contributed by atoms with van der Waals surface area (Å²) in [5.74, 6) is -2.84. The molecule has 0 saturated carbocycles. The number of ether oxygens (including phenoxy) is 6. The lowest BCUT2D eigenvalue weighted by Gasteiger charge is -2.27. The maximum absolute atomic E-state index is 15.1. The van der Waals surface area contributed by atoms with E-state index in [9.17, 15) is 39.0 Å². The number of hydrogen-bond donors (Lipinski definition) is 10. The number of aliphatic hydroxyl groups is 1. The molecule has 0 aliphatic carbocycles. The maximum Gasteiger partial charge on any atom is 0.414 e. The van der Waals surface area contributed by atoms with Gasteiger partial charge in [-0.1, -0.05) is 30.3 Å². The fraction of sp³-hybridized carbons (Fsp3) is 0.621. The Hall–Kier alpha value is -7.74. The molecular formula is C58H93N11O15. The van der Waals surface area contributed by atoms with E-state index >= 15 is 4.79 Å². The number of aliphatic imine (C=N–C) groups is 3. The molecule has 84 heavy (non-hydrogen) atoms. The molecule has 0 aliphatic rings. The summed E-state index contributed by atoms with van der Waals surface area (Å²) in [7, 11) is 0. The molecule has 2 aromatic carbocycles. The number of phenols is 1. The summed E-state index contributed by atoms with van der Waals surface area (Å²) >= 11 is 0. The van der Waals surface area contributed by atoms with Crippen LogP contribution in [0.3, 0.4) is 0 Å². The largest absolute Gasteiger partial charge is 0.508 e. The highest BCUT2D eigenvalue weighted by atomic mass is 16.6. The van der Waals surface area contributed by atoms with Gasteiger partial charge in [-0.3, -0.25) is 41.2 Å². The smallest absolute Gasteiger partial charge is 0.414 e. The van der Waals surface area contributed by atoms with Crippen LogP contribution in [0.5, 0.6) is 5.75 Å². The van der Waals surface area contributed by atoms with Crippen molar-refractivity contribution in [2.45, 2.75) is 222 Å². The molecule has 26 heteroatoms. The maximum atomic E-state index is 15.1. The lowest BCUT2D eigenvalue weighted by molar-refractivity contribution is -0.159. The minimum absolute atomic E-state index is 0.00238. The molecule has 4 atom stereocenters. The van der Waals surface area contributed by atoms with Gasteiger partial charge in [-0.25, -0.2) is 29.0 Å². The van der Waals surface area contributed by atoms with E-state index in [4.69, 9.17) is 28.4 Å². The van der Waals surface area contributed by atoms with Gasteiger partial charge in [0.05, 0.1) is 11.6 Å². The highest BCUT2D eigenvalue weighted by Crippen LogP contribution is 2.24. The van der Waals surface area contributed by atoms with Crippen LogP contribution in [0.1, 0.15) is 160 Å². The van der Waals surface area contributed by atoms with Crippen LogP contribution in [-0.4, -0.2) is 142 Å². The first-order valence-corrected chi connectivity index (χ1v) is 27.6. The number of alkyl carbamates (subject to hydrolysis) is 5. The van der Waals surface area contributed by atoms with Crippen LogP contribution >= 0.6 is 0 Å². The van der Waals surface area contributed by atoms with Crippen LogP contribution in [-0.2, 0) is 50.9 Å². The summed E-state index contributed by atoms with van der Waals surface area (Å²) in [5.41, 5.74) is -3.24. The molecule has 0 aliphatic heterocycles. The molecule has 0 saturated heterocycles. The topological polar surface area (TPSA) is 349 Å². The first kappa shape index (κ1) is 72.4. The number of guanidine groups is 3. The van der Waals surface area contributed by atoms with Crippen molar-refractivity contribution < 1.29 is 72.2 Å². The predicted octanol–water partition coefficient (Wildman–Crippen LogP) is 7.28. The van der Waals surface area contributed by atoms with E-state index in [-0.39, 0.29) is 56.4 Å². The molecule has 1 unspecified atom stereocenters. The Morgan fingerprint density at radius 1 is 0.524 bits per heavy atom. The standard InChI is InChI=1S/C58H93N11O15/c1-34-29-38(70)30-35(2)39(34)32-41(63-46(68-51(77)83-57(15,16)17)69-52(78)84-58(18,19)20)43(72)62-40(27-24-28-59-44(64-47(73)79-53(3,4)5)65-48(74)80-54(6,7)8)42(71)60-33-37(31-36-25-22-21-23-26-36)61-45(66-49(75)81-55(9,10)11)67-50(76)82-56(12,13)14/h21-23,25-26,29-30,37,40-41,49,70,75H,24,27-28,31-33H2,1-20H3,(H,60,71)(H,62,72)(H2,61,66,67,76)(H2,59,64,65,73,74)(H2,63,68,69,77,78)/t37-,40+,41-,49?/m0/s1. The number of aromatic hydroxyl groups is 1. The lowest BCUT2D eigenvalue weighted by Crippen LogP contribution is -2.55. The van der Waals surface area contributed by atoms with E-state index < -0.39 is 106 Å². The van der Waals surface area contributed by atoms with Crippen molar-refractivity contribution in [2.75, 3.05) is 13.1 Å². The zero-order valence-electron chi connectivity index (χ0n) is 52.6. The third-order valence-electron chi connectivity index (χ3n) is 10.2. The Bertz CT molecular complexity index is 2570. The van der Waals surface area contributed by atoms with Crippen molar-refractivity contribution in [3.05, 3.63) is 64.7 Å². The number of nitrogens with zero attached hydrogens (tertiary/aromatic N) is 3. The average molecular weight is 1180 g/mol. The van der Waals surface area contributed by atoms with E-state index in [1.807, 2.05) is 30.3 Å². The Labute approximate surface area is 494 Å².